The predicted molar refractivity (Wildman–Crippen MR) is 81.2 cm³/mol. The fraction of sp³-hybridized carbons (Fsp3) is 0.250. The highest BCUT2D eigenvalue weighted by atomic mass is 35.5. The fourth-order valence-electron chi connectivity index (χ4n) is 2.11. The van der Waals surface area contributed by atoms with Gasteiger partial charge in [0.1, 0.15) is 11.6 Å². The molecule has 0 amide bonds. The van der Waals surface area contributed by atoms with Gasteiger partial charge < -0.3 is 10.1 Å². The van der Waals surface area contributed by atoms with Gasteiger partial charge in [0.15, 0.2) is 0 Å². The molecule has 0 bridgehead atoms. The van der Waals surface area contributed by atoms with Gasteiger partial charge in [-0.25, -0.2) is 4.39 Å². The predicted octanol–water partition coefficient (Wildman–Crippen LogP) is 4.53. The van der Waals surface area contributed by atoms with Crippen LogP contribution in [0.5, 0.6) is 5.75 Å². The van der Waals surface area contributed by atoms with E-state index in [1.54, 1.807) is 19.2 Å². The largest absolute Gasteiger partial charge is 0.495 e. The quantitative estimate of drug-likeness (QED) is 0.874. The van der Waals surface area contributed by atoms with Gasteiger partial charge in [-0.2, -0.15) is 0 Å². The van der Waals surface area contributed by atoms with E-state index in [0.29, 0.717) is 10.8 Å². The van der Waals surface area contributed by atoms with Crippen LogP contribution < -0.4 is 10.1 Å². The van der Waals surface area contributed by atoms with E-state index in [1.165, 1.54) is 6.07 Å². The van der Waals surface area contributed by atoms with E-state index in [-0.39, 0.29) is 11.9 Å². The third-order valence-corrected chi connectivity index (χ3v) is 3.29. The van der Waals surface area contributed by atoms with Crippen molar-refractivity contribution in [1.82, 2.24) is 0 Å². The van der Waals surface area contributed by atoms with Crippen LogP contribution in [-0.4, -0.2) is 13.2 Å². The Morgan fingerprint density at radius 2 is 2.05 bits per heavy atom. The molecular weight excluding hydrogens is 277 g/mol. The lowest BCUT2D eigenvalue weighted by Gasteiger charge is -2.16. The molecule has 0 radical (unpaired) electrons. The smallest absolute Gasteiger partial charge is 0.137 e. The molecule has 0 spiro atoms. The number of nitrogens with one attached hydrogen (secondary N) is 1. The molecule has 2 aromatic rings. The number of hydrogen-bond acceptors (Lipinski definition) is 2. The molecule has 0 saturated carbocycles. The molecule has 0 aliphatic rings. The highest BCUT2D eigenvalue weighted by Gasteiger charge is 2.07. The summed E-state index contributed by atoms with van der Waals surface area (Å²) in [5.41, 5.74) is 1.88. The molecule has 2 rings (SSSR count). The van der Waals surface area contributed by atoms with Crippen molar-refractivity contribution in [3.63, 3.8) is 0 Å². The number of rotatable bonds is 5. The summed E-state index contributed by atoms with van der Waals surface area (Å²) in [4.78, 5) is 0. The minimum Gasteiger partial charge on any atom is -0.495 e. The summed E-state index contributed by atoms with van der Waals surface area (Å²) in [6.45, 7) is 2.04. The van der Waals surface area contributed by atoms with Gasteiger partial charge in [0, 0.05) is 11.7 Å². The van der Waals surface area contributed by atoms with Crippen molar-refractivity contribution >= 4 is 17.3 Å². The van der Waals surface area contributed by atoms with Gasteiger partial charge in [-0.15, -0.1) is 0 Å². The number of ether oxygens (including phenoxy) is 1. The van der Waals surface area contributed by atoms with Crippen LogP contribution >= 0.6 is 11.6 Å². The van der Waals surface area contributed by atoms with Crippen molar-refractivity contribution < 1.29 is 9.13 Å². The minimum absolute atomic E-state index is 0.168. The van der Waals surface area contributed by atoms with Gasteiger partial charge in [0.05, 0.1) is 12.1 Å². The molecule has 0 aliphatic heterocycles. The maximum absolute atomic E-state index is 13.1. The van der Waals surface area contributed by atoms with Gasteiger partial charge in [-0.1, -0.05) is 23.7 Å². The van der Waals surface area contributed by atoms with Crippen LogP contribution in [0.4, 0.5) is 10.1 Å². The third-order valence-electron chi connectivity index (χ3n) is 3.00. The average molecular weight is 294 g/mol. The first-order valence-electron chi connectivity index (χ1n) is 6.43. The molecule has 0 aliphatic carbocycles. The normalized spacial score (nSPS) is 12.0. The molecule has 1 atom stereocenters. The highest BCUT2D eigenvalue weighted by molar-refractivity contribution is 6.32. The Labute approximate surface area is 123 Å². The van der Waals surface area contributed by atoms with E-state index in [4.69, 9.17) is 16.3 Å². The van der Waals surface area contributed by atoms with Crippen LogP contribution in [0, 0.1) is 5.82 Å². The van der Waals surface area contributed by atoms with Crippen LogP contribution in [0.2, 0.25) is 5.02 Å². The van der Waals surface area contributed by atoms with E-state index in [0.717, 1.165) is 17.7 Å². The van der Waals surface area contributed by atoms with Crippen LogP contribution in [0.15, 0.2) is 42.5 Å². The molecule has 20 heavy (non-hydrogen) atoms. The Morgan fingerprint density at radius 1 is 1.25 bits per heavy atom. The fourth-order valence-corrected chi connectivity index (χ4v) is 2.37. The Hall–Kier alpha value is -1.74. The monoisotopic (exact) mass is 293 g/mol. The third kappa shape index (κ3) is 3.87. The summed E-state index contributed by atoms with van der Waals surface area (Å²) in [5, 5.41) is 3.90. The zero-order chi connectivity index (χ0) is 14.5. The van der Waals surface area contributed by atoms with Crippen LogP contribution in [0.1, 0.15) is 12.5 Å². The van der Waals surface area contributed by atoms with Crippen molar-refractivity contribution in [2.45, 2.75) is 19.4 Å². The van der Waals surface area contributed by atoms with Gasteiger partial charge in [0.2, 0.25) is 0 Å². The number of benzene rings is 2. The minimum atomic E-state index is -0.206. The van der Waals surface area contributed by atoms with Crippen molar-refractivity contribution in [2.75, 3.05) is 12.4 Å². The van der Waals surface area contributed by atoms with E-state index in [1.807, 2.05) is 31.2 Å². The zero-order valence-corrected chi connectivity index (χ0v) is 12.2. The summed E-state index contributed by atoms with van der Waals surface area (Å²) < 4.78 is 18.2. The lowest BCUT2D eigenvalue weighted by atomic mass is 10.1. The number of anilines is 1. The topological polar surface area (TPSA) is 21.3 Å². The maximum Gasteiger partial charge on any atom is 0.137 e. The van der Waals surface area contributed by atoms with E-state index in [9.17, 15) is 4.39 Å². The number of halogens is 2. The van der Waals surface area contributed by atoms with Crippen molar-refractivity contribution in [2.24, 2.45) is 0 Å². The molecule has 0 aromatic heterocycles. The molecule has 1 N–H and O–H groups in total. The van der Waals surface area contributed by atoms with Crippen molar-refractivity contribution in [3.8, 4) is 5.75 Å². The number of hydrogen-bond donors (Lipinski definition) is 1. The highest BCUT2D eigenvalue weighted by Crippen LogP contribution is 2.27. The van der Waals surface area contributed by atoms with Gasteiger partial charge in [0.25, 0.3) is 0 Å². The first kappa shape index (κ1) is 14.7. The van der Waals surface area contributed by atoms with Gasteiger partial charge >= 0.3 is 0 Å². The Kier molecular flexibility index (Phi) is 4.85. The van der Waals surface area contributed by atoms with Gasteiger partial charge in [-0.05, 0) is 49.2 Å². The molecule has 0 saturated heterocycles. The second-order valence-corrected chi connectivity index (χ2v) is 5.14. The van der Waals surface area contributed by atoms with Crippen molar-refractivity contribution in [3.05, 3.63) is 58.9 Å². The Balaban J connectivity index is 2.01. The second kappa shape index (κ2) is 6.62. The second-order valence-electron chi connectivity index (χ2n) is 4.73. The molecule has 2 aromatic carbocycles. The molecule has 1 unspecified atom stereocenters. The Bertz CT molecular complexity index is 588. The average Bonchev–Trinajstić information content (AvgIpc) is 2.38. The lowest BCUT2D eigenvalue weighted by Crippen LogP contribution is -2.18. The standard InChI is InChI=1S/C16H17ClFNO/c1-11(8-12-4-3-5-13(18)9-12)19-14-6-7-16(20-2)15(17)10-14/h3-7,9-11,19H,8H2,1-2H3. The van der Waals surface area contributed by atoms with E-state index >= 15 is 0 Å². The zero-order valence-electron chi connectivity index (χ0n) is 11.5. The van der Waals surface area contributed by atoms with Crippen LogP contribution in [0.3, 0.4) is 0 Å². The van der Waals surface area contributed by atoms with Crippen molar-refractivity contribution in [1.29, 1.82) is 0 Å². The molecular formula is C16H17ClFNO. The maximum atomic E-state index is 13.1. The Morgan fingerprint density at radius 3 is 2.70 bits per heavy atom. The molecule has 2 nitrogen and oxygen atoms in total. The summed E-state index contributed by atoms with van der Waals surface area (Å²) in [5.74, 6) is 0.442. The summed E-state index contributed by atoms with van der Waals surface area (Å²) in [6, 6.07) is 12.4. The van der Waals surface area contributed by atoms with Gasteiger partial charge in [-0.3, -0.25) is 0 Å². The SMILES string of the molecule is COc1ccc(NC(C)Cc2cccc(F)c2)cc1Cl. The lowest BCUT2D eigenvalue weighted by molar-refractivity contribution is 0.415. The van der Waals surface area contributed by atoms with E-state index < -0.39 is 0 Å². The number of methoxy groups -OCH3 is 1. The molecule has 0 fully saturated rings. The summed E-state index contributed by atoms with van der Waals surface area (Å²) in [7, 11) is 1.58. The molecule has 106 valence electrons. The van der Waals surface area contributed by atoms with Crippen LogP contribution in [0.25, 0.3) is 0 Å². The first-order valence-corrected chi connectivity index (χ1v) is 6.81. The molecule has 0 heterocycles. The molecule has 4 heteroatoms. The van der Waals surface area contributed by atoms with Crippen LogP contribution in [-0.2, 0) is 6.42 Å². The summed E-state index contributed by atoms with van der Waals surface area (Å²) in [6.07, 6.45) is 0.738. The summed E-state index contributed by atoms with van der Waals surface area (Å²) >= 11 is 6.08. The first-order chi connectivity index (χ1) is 9.58. The van der Waals surface area contributed by atoms with E-state index in [2.05, 4.69) is 5.32 Å².